The second kappa shape index (κ2) is 4.92. The van der Waals surface area contributed by atoms with Crippen LogP contribution in [-0.2, 0) is 6.54 Å². The summed E-state index contributed by atoms with van der Waals surface area (Å²) in [5.41, 5.74) is 1.48. The van der Waals surface area contributed by atoms with Gasteiger partial charge in [-0.25, -0.2) is 3.11 Å². The van der Waals surface area contributed by atoms with Crippen LogP contribution in [0.3, 0.4) is 0 Å². The molecule has 1 saturated heterocycles. The van der Waals surface area contributed by atoms with Gasteiger partial charge in [0.05, 0.1) is 0 Å². The van der Waals surface area contributed by atoms with Gasteiger partial charge in [0, 0.05) is 60.5 Å². The van der Waals surface area contributed by atoms with Crippen molar-refractivity contribution in [3.05, 3.63) is 21.9 Å². The van der Waals surface area contributed by atoms with Crippen molar-refractivity contribution in [2.24, 2.45) is 0 Å². The summed E-state index contributed by atoms with van der Waals surface area (Å²) in [5.74, 6) is 0. The largest absolute Gasteiger partial charge is 0.296 e. The van der Waals surface area contributed by atoms with Crippen LogP contribution < -0.4 is 0 Å². The van der Waals surface area contributed by atoms with E-state index in [0.717, 1.165) is 6.54 Å². The Kier molecular flexibility index (Phi) is 3.81. The minimum absolute atomic E-state index is 1.13. The standard InChI is InChI=1S/C10H15IN2S/c1-9-6-10(8-14-9)7-12-2-4-13(11)5-3-12/h6,8H,2-5,7H2,1H3. The molecule has 4 heteroatoms. The zero-order valence-electron chi connectivity index (χ0n) is 8.37. The van der Waals surface area contributed by atoms with Crippen LogP contribution in [0, 0.1) is 6.92 Å². The molecule has 0 N–H and O–H groups in total. The van der Waals surface area contributed by atoms with E-state index < -0.39 is 0 Å². The number of aryl methyl sites for hydroxylation is 1. The molecule has 14 heavy (non-hydrogen) atoms. The van der Waals surface area contributed by atoms with Crippen molar-refractivity contribution in [1.82, 2.24) is 8.01 Å². The molecule has 2 heterocycles. The fourth-order valence-electron chi connectivity index (χ4n) is 1.72. The summed E-state index contributed by atoms with van der Waals surface area (Å²) in [4.78, 5) is 3.96. The van der Waals surface area contributed by atoms with Crippen LogP contribution in [0.25, 0.3) is 0 Å². The molecule has 78 valence electrons. The Morgan fingerprint density at radius 3 is 2.64 bits per heavy atom. The summed E-state index contributed by atoms with van der Waals surface area (Å²) in [6.45, 7) is 8.12. The maximum absolute atomic E-state index is 2.54. The van der Waals surface area contributed by atoms with Crippen LogP contribution in [0.4, 0.5) is 0 Å². The molecule has 1 aromatic heterocycles. The summed E-state index contributed by atoms with van der Waals surface area (Å²) < 4.78 is 2.37. The van der Waals surface area contributed by atoms with Crippen molar-refractivity contribution in [2.45, 2.75) is 13.5 Å². The lowest BCUT2D eigenvalue weighted by molar-refractivity contribution is 0.198. The number of hydrogen-bond donors (Lipinski definition) is 0. The van der Waals surface area contributed by atoms with Gasteiger partial charge in [0.15, 0.2) is 0 Å². The van der Waals surface area contributed by atoms with Crippen molar-refractivity contribution in [2.75, 3.05) is 26.2 Å². The molecular weight excluding hydrogens is 307 g/mol. The quantitative estimate of drug-likeness (QED) is 0.610. The van der Waals surface area contributed by atoms with Crippen molar-refractivity contribution in [3.63, 3.8) is 0 Å². The molecule has 0 spiro atoms. The Bertz CT molecular complexity index is 292. The zero-order chi connectivity index (χ0) is 9.97. The maximum Gasteiger partial charge on any atom is 0.0243 e. The van der Waals surface area contributed by atoms with E-state index in [-0.39, 0.29) is 0 Å². The maximum atomic E-state index is 2.54. The number of nitrogens with zero attached hydrogens (tertiary/aromatic N) is 2. The molecule has 0 unspecified atom stereocenters. The lowest BCUT2D eigenvalue weighted by atomic mass is 10.2. The predicted molar refractivity (Wildman–Crippen MR) is 69.9 cm³/mol. The van der Waals surface area contributed by atoms with Gasteiger partial charge in [0.1, 0.15) is 0 Å². The molecule has 2 nitrogen and oxygen atoms in total. The van der Waals surface area contributed by atoms with Crippen molar-refractivity contribution in [1.29, 1.82) is 0 Å². The lowest BCUT2D eigenvalue weighted by Gasteiger charge is -2.30. The molecule has 1 aromatic rings. The third-order valence-electron chi connectivity index (χ3n) is 2.51. The van der Waals surface area contributed by atoms with Gasteiger partial charge in [-0.05, 0) is 23.9 Å². The van der Waals surface area contributed by atoms with Gasteiger partial charge >= 0.3 is 0 Å². The summed E-state index contributed by atoms with van der Waals surface area (Å²) in [5, 5.41) is 2.28. The fraction of sp³-hybridized carbons (Fsp3) is 0.600. The highest BCUT2D eigenvalue weighted by molar-refractivity contribution is 14.1. The topological polar surface area (TPSA) is 6.48 Å². The van der Waals surface area contributed by atoms with Gasteiger partial charge in [0.2, 0.25) is 0 Å². The van der Waals surface area contributed by atoms with Gasteiger partial charge in [0.25, 0.3) is 0 Å². The fourth-order valence-corrected chi connectivity index (χ4v) is 2.85. The molecule has 1 fully saturated rings. The molecule has 0 aliphatic carbocycles. The second-order valence-electron chi connectivity index (χ2n) is 3.75. The summed E-state index contributed by atoms with van der Waals surface area (Å²) in [6, 6.07) is 2.31. The second-order valence-corrected chi connectivity index (χ2v) is 6.23. The number of rotatable bonds is 2. The van der Waals surface area contributed by atoms with Gasteiger partial charge in [-0.3, -0.25) is 4.90 Å². The monoisotopic (exact) mass is 322 g/mol. The minimum Gasteiger partial charge on any atom is -0.296 e. The van der Waals surface area contributed by atoms with E-state index in [4.69, 9.17) is 0 Å². The number of thiophene rings is 1. The minimum atomic E-state index is 1.13. The van der Waals surface area contributed by atoms with Gasteiger partial charge < -0.3 is 0 Å². The SMILES string of the molecule is Cc1cc(CN2CCN(I)CC2)cs1. The van der Waals surface area contributed by atoms with Crippen LogP contribution in [0.2, 0.25) is 0 Å². The van der Waals surface area contributed by atoms with Crippen LogP contribution in [-0.4, -0.2) is 34.2 Å². The van der Waals surface area contributed by atoms with Gasteiger partial charge in [-0.1, -0.05) is 0 Å². The molecular formula is C10H15IN2S. The van der Waals surface area contributed by atoms with E-state index in [2.05, 4.69) is 49.2 Å². The van der Waals surface area contributed by atoms with E-state index >= 15 is 0 Å². The highest BCUT2D eigenvalue weighted by Crippen LogP contribution is 2.16. The molecule has 0 saturated carbocycles. The molecule has 0 radical (unpaired) electrons. The Balaban J connectivity index is 1.86. The zero-order valence-corrected chi connectivity index (χ0v) is 11.3. The van der Waals surface area contributed by atoms with Gasteiger partial charge in [-0.2, -0.15) is 0 Å². The number of halogens is 1. The van der Waals surface area contributed by atoms with Crippen LogP contribution in [0.15, 0.2) is 11.4 Å². The van der Waals surface area contributed by atoms with Crippen LogP contribution in [0.5, 0.6) is 0 Å². The highest BCUT2D eigenvalue weighted by Gasteiger charge is 2.14. The molecule has 1 aliphatic heterocycles. The Morgan fingerprint density at radius 2 is 2.07 bits per heavy atom. The van der Waals surface area contributed by atoms with E-state index in [0.29, 0.717) is 0 Å². The molecule has 1 aliphatic rings. The first-order valence-electron chi connectivity index (χ1n) is 4.91. The molecule has 0 atom stereocenters. The average molecular weight is 322 g/mol. The lowest BCUT2D eigenvalue weighted by Crippen LogP contribution is -2.41. The van der Waals surface area contributed by atoms with Crippen molar-refractivity contribution < 1.29 is 0 Å². The summed E-state index contributed by atoms with van der Waals surface area (Å²) >= 11 is 4.27. The third kappa shape index (κ3) is 2.92. The van der Waals surface area contributed by atoms with E-state index in [1.165, 1.54) is 36.6 Å². The van der Waals surface area contributed by atoms with Crippen molar-refractivity contribution in [3.8, 4) is 0 Å². The Morgan fingerprint density at radius 1 is 1.36 bits per heavy atom. The van der Waals surface area contributed by atoms with E-state index in [1.807, 2.05) is 11.3 Å². The van der Waals surface area contributed by atoms with E-state index in [1.54, 1.807) is 0 Å². The first-order chi connectivity index (χ1) is 6.74. The Labute approximate surface area is 103 Å². The van der Waals surface area contributed by atoms with Gasteiger partial charge in [-0.15, -0.1) is 11.3 Å². The normalized spacial score (nSPS) is 20.1. The molecule has 0 aromatic carbocycles. The highest BCUT2D eigenvalue weighted by atomic mass is 127. The van der Waals surface area contributed by atoms with Crippen molar-refractivity contribution >= 4 is 34.2 Å². The molecule has 0 bridgehead atoms. The predicted octanol–water partition coefficient (Wildman–Crippen LogP) is 2.52. The molecule has 2 rings (SSSR count). The summed E-state index contributed by atoms with van der Waals surface area (Å²) in [7, 11) is 0. The summed E-state index contributed by atoms with van der Waals surface area (Å²) in [6.07, 6.45) is 0. The first kappa shape index (κ1) is 10.9. The number of hydrogen-bond acceptors (Lipinski definition) is 3. The van der Waals surface area contributed by atoms with Crippen LogP contribution >= 0.6 is 34.2 Å². The first-order valence-corrected chi connectivity index (χ1v) is 6.75. The molecule has 0 amide bonds. The Hall–Kier alpha value is 0.350. The number of piperazine rings is 1. The van der Waals surface area contributed by atoms with Crippen LogP contribution in [0.1, 0.15) is 10.4 Å². The van der Waals surface area contributed by atoms with E-state index in [9.17, 15) is 0 Å². The average Bonchev–Trinajstić information content (AvgIpc) is 2.56. The smallest absolute Gasteiger partial charge is 0.0243 e. The third-order valence-corrected chi connectivity index (χ3v) is 4.38.